The highest BCUT2D eigenvalue weighted by atomic mass is 32.1. The molecule has 0 radical (unpaired) electrons. The Morgan fingerprint density at radius 1 is 1.38 bits per heavy atom. The van der Waals surface area contributed by atoms with E-state index in [2.05, 4.69) is 25.3 Å². The van der Waals surface area contributed by atoms with E-state index in [-0.39, 0.29) is 6.29 Å². The van der Waals surface area contributed by atoms with Gasteiger partial charge in [-0.05, 0) is 24.5 Å². The third kappa shape index (κ3) is 2.35. The molecule has 0 aromatic heterocycles. The largest absolute Gasteiger partial charge is 0.350 e. The van der Waals surface area contributed by atoms with Crippen LogP contribution in [-0.4, -0.2) is 30.0 Å². The van der Waals surface area contributed by atoms with Gasteiger partial charge in [0.2, 0.25) is 0 Å². The van der Waals surface area contributed by atoms with E-state index in [9.17, 15) is 0 Å². The van der Waals surface area contributed by atoms with Crippen molar-refractivity contribution in [2.75, 3.05) is 12.4 Å². The molecule has 13 heavy (non-hydrogen) atoms. The quantitative estimate of drug-likeness (QED) is 0.706. The molecule has 2 nitrogen and oxygen atoms in total. The molecule has 76 valence electrons. The maximum absolute atomic E-state index is 5.58. The smallest absolute Gasteiger partial charge is 0.158 e. The Hall–Kier alpha value is 0.620. The predicted octanol–water partition coefficient (Wildman–Crippen LogP) is 1.76. The molecule has 2 aliphatic heterocycles. The lowest BCUT2D eigenvalue weighted by molar-refractivity contribution is -0.0979. The molecule has 2 heterocycles. The van der Waals surface area contributed by atoms with Crippen molar-refractivity contribution in [1.29, 1.82) is 0 Å². The van der Waals surface area contributed by atoms with Crippen molar-refractivity contribution in [3.8, 4) is 0 Å². The molecule has 2 bridgehead atoms. The van der Waals surface area contributed by atoms with Crippen molar-refractivity contribution >= 4 is 25.3 Å². The molecule has 0 spiro atoms. The minimum Gasteiger partial charge on any atom is -0.350 e. The Balaban J connectivity index is 1.87. The van der Waals surface area contributed by atoms with E-state index < -0.39 is 0 Å². The number of hydrogen-bond donors (Lipinski definition) is 2. The van der Waals surface area contributed by atoms with Gasteiger partial charge < -0.3 is 9.47 Å². The average molecular weight is 220 g/mol. The van der Waals surface area contributed by atoms with Gasteiger partial charge in [-0.3, -0.25) is 0 Å². The molecule has 2 aliphatic rings. The van der Waals surface area contributed by atoms with Crippen LogP contribution in [-0.2, 0) is 9.47 Å². The zero-order chi connectivity index (χ0) is 9.26. The van der Waals surface area contributed by atoms with Crippen molar-refractivity contribution < 1.29 is 9.47 Å². The van der Waals surface area contributed by atoms with Crippen LogP contribution < -0.4 is 0 Å². The van der Waals surface area contributed by atoms with Crippen LogP contribution in [0.5, 0.6) is 0 Å². The van der Waals surface area contributed by atoms with Crippen LogP contribution in [0.4, 0.5) is 0 Å². The Morgan fingerprint density at radius 3 is 2.92 bits per heavy atom. The molecule has 2 saturated heterocycles. The van der Waals surface area contributed by atoms with Crippen LogP contribution in [0.2, 0.25) is 0 Å². The Morgan fingerprint density at radius 2 is 2.23 bits per heavy atom. The van der Waals surface area contributed by atoms with Gasteiger partial charge in [0.05, 0.1) is 12.7 Å². The molecule has 0 N–H and O–H groups in total. The van der Waals surface area contributed by atoms with Crippen LogP contribution in [0, 0.1) is 5.92 Å². The average Bonchev–Trinajstić information content (AvgIpc) is 2.46. The number of rotatable bonds is 3. The Bertz CT molecular complexity index is 165. The fourth-order valence-electron chi connectivity index (χ4n) is 2.12. The van der Waals surface area contributed by atoms with E-state index in [0.717, 1.165) is 31.6 Å². The number of thiol groups is 2. The standard InChI is InChI=1S/C9H16O2S2/c12-2-1-8(13)6-3-7-5-10-9(4-6)11-7/h6-9,12-13H,1-5H2. The van der Waals surface area contributed by atoms with Gasteiger partial charge in [0.15, 0.2) is 6.29 Å². The molecule has 4 atom stereocenters. The van der Waals surface area contributed by atoms with Gasteiger partial charge in [0, 0.05) is 11.7 Å². The van der Waals surface area contributed by atoms with Crippen molar-refractivity contribution in [2.24, 2.45) is 5.92 Å². The van der Waals surface area contributed by atoms with E-state index in [4.69, 9.17) is 9.47 Å². The molecule has 2 rings (SSSR count). The van der Waals surface area contributed by atoms with E-state index in [0.29, 0.717) is 17.3 Å². The Labute approximate surface area is 90.2 Å². The van der Waals surface area contributed by atoms with Crippen LogP contribution in [0.15, 0.2) is 0 Å². The molecule has 0 aromatic carbocycles. The van der Waals surface area contributed by atoms with Crippen molar-refractivity contribution in [3.05, 3.63) is 0 Å². The predicted molar refractivity (Wildman–Crippen MR) is 58.6 cm³/mol. The second-order valence-electron chi connectivity index (χ2n) is 3.83. The molecule has 0 aliphatic carbocycles. The Kier molecular flexibility index (Phi) is 3.46. The molecule has 4 unspecified atom stereocenters. The maximum Gasteiger partial charge on any atom is 0.158 e. The number of fused-ring (bicyclic) bond motifs is 2. The molecule has 0 aromatic rings. The SMILES string of the molecule is SCCC(S)C1CC2COC(C1)O2. The van der Waals surface area contributed by atoms with Gasteiger partial charge in [0.1, 0.15) is 0 Å². The van der Waals surface area contributed by atoms with Crippen LogP contribution >= 0.6 is 25.3 Å². The fraction of sp³-hybridized carbons (Fsp3) is 1.00. The molecule has 4 heteroatoms. The zero-order valence-corrected chi connectivity index (χ0v) is 9.34. The monoisotopic (exact) mass is 220 g/mol. The highest BCUT2D eigenvalue weighted by Gasteiger charge is 2.37. The zero-order valence-electron chi connectivity index (χ0n) is 7.56. The maximum atomic E-state index is 5.58. The summed E-state index contributed by atoms with van der Waals surface area (Å²) in [5.74, 6) is 1.57. The lowest BCUT2D eigenvalue weighted by Crippen LogP contribution is -2.31. The van der Waals surface area contributed by atoms with Gasteiger partial charge in [-0.15, -0.1) is 0 Å². The minimum absolute atomic E-state index is 0.0540. The molecule has 0 saturated carbocycles. The van der Waals surface area contributed by atoms with Crippen molar-refractivity contribution in [1.82, 2.24) is 0 Å². The highest BCUT2D eigenvalue weighted by molar-refractivity contribution is 7.81. The van der Waals surface area contributed by atoms with Gasteiger partial charge >= 0.3 is 0 Å². The van der Waals surface area contributed by atoms with E-state index in [1.54, 1.807) is 0 Å². The highest BCUT2D eigenvalue weighted by Crippen LogP contribution is 2.35. The van der Waals surface area contributed by atoms with Gasteiger partial charge in [-0.1, -0.05) is 0 Å². The van der Waals surface area contributed by atoms with Crippen LogP contribution in [0.3, 0.4) is 0 Å². The first-order valence-electron chi connectivity index (χ1n) is 4.85. The minimum atomic E-state index is 0.0540. The summed E-state index contributed by atoms with van der Waals surface area (Å²) in [5.41, 5.74) is 0. The topological polar surface area (TPSA) is 18.5 Å². The summed E-state index contributed by atoms with van der Waals surface area (Å²) in [6.45, 7) is 0.780. The summed E-state index contributed by atoms with van der Waals surface area (Å²) in [4.78, 5) is 0. The lowest BCUT2D eigenvalue weighted by Gasteiger charge is -2.30. The van der Waals surface area contributed by atoms with E-state index >= 15 is 0 Å². The first kappa shape index (κ1) is 10.1. The molecule has 0 amide bonds. The second kappa shape index (κ2) is 4.43. The van der Waals surface area contributed by atoms with Gasteiger partial charge in [-0.25, -0.2) is 0 Å². The van der Waals surface area contributed by atoms with Crippen molar-refractivity contribution in [2.45, 2.75) is 36.9 Å². The third-order valence-electron chi connectivity index (χ3n) is 2.84. The summed E-state index contributed by atoms with van der Waals surface area (Å²) in [5, 5.41) is 0.466. The van der Waals surface area contributed by atoms with Crippen LogP contribution in [0.1, 0.15) is 19.3 Å². The van der Waals surface area contributed by atoms with Crippen molar-refractivity contribution in [3.63, 3.8) is 0 Å². The number of hydrogen-bond acceptors (Lipinski definition) is 4. The lowest BCUT2D eigenvalue weighted by atomic mass is 9.91. The summed E-state index contributed by atoms with van der Waals surface area (Å²) in [7, 11) is 0. The number of ether oxygens (including phenoxy) is 2. The first-order valence-corrected chi connectivity index (χ1v) is 6.00. The molecular formula is C9H16O2S2. The van der Waals surface area contributed by atoms with Crippen LogP contribution in [0.25, 0.3) is 0 Å². The van der Waals surface area contributed by atoms with E-state index in [1.165, 1.54) is 0 Å². The summed E-state index contributed by atoms with van der Waals surface area (Å²) >= 11 is 8.83. The first-order chi connectivity index (χ1) is 6.29. The summed E-state index contributed by atoms with van der Waals surface area (Å²) < 4.78 is 11.0. The van der Waals surface area contributed by atoms with E-state index in [1.807, 2.05) is 0 Å². The normalized spacial score (nSPS) is 40.6. The fourth-order valence-corrected chi connectivity index (χ4v) is 2.97. The molecular weight excluding hydrogens is 204 g/mol. The summed E-state index contributed by atoms with van der Waals surface area (Å²) in [6.07, 6.45) is 3.59. The van der Waals surface area contributed by atoms with Gasteiger partial charge in [-0.2, -0.15) is 25.3 Å². The van der Waals surface area contributed by atoms with Gasteiger partial charge in [0.25, 0.3) is 0 Å². The summed E-state index contributed by atoms with van der Waals surface area (Å²) in [6, 6.07) is 0. The third-order valence-corrected chi connectivity index (χ3v) is 3.78. The second-order valence-corrected chi connectivity index (χ2v) is 4.94. The molecule has 2 fully saturated rings.